The Labute approximate surface area is 167 Å². The standard InChI is InChI=1S/C19H15IN2O3S/c1-2-7-22-14-10-15-16(25-9-8-24-15)11-17(14)26-19(22)21-18(23)12-5-3-4-6-13(12)20/h2-6,10-11H,1,7-9H2. The third-order valence-corrected chi connectivity index (χ3v) is 5.94. The summed E-state index contributed by atoms with van der Waals surface area (Å²) in [4.78, 5) is 17.7. The number of fused-ring (bicyclic) bond motifs is 2. The molecule has 2 aromatic carbocycles. The molecular formula is C19H15IN2O3S. The number of aromatic nitrogens is 1. The summed E-state index contributed by atoms with van der Waals surface area (Å²) in [7, 11) is 0. The minimum Gasteiger partial charge on any atom is -0.486 e. The molecule has 2 heterocycles. The third-order valence-electron chi connectivity index (χ3n) is 3.96. The SMILES string of the molecule is C=CCn1c(=NC(=O)c2ccccc2I)sc2cc3c(cc21)OCCO3. The second-order valence-corrected chi connectivity index (χ2v) is 7.82. The van der Waals surface area contributed by atoms with Crippen LogP contribution in [-0.2, 0) is 6.54 Å². The number of carbonyl (C=O) groups is 1. The first-order valence-electron chi connectivity index (χ1n) is 8.05. The van der Waals surface area contributed by atoms with Gasteiger partial charge in [-0.25, -0.2) is 0 Å². The zero-order chi connectivity index (χ0) is 18.1. The Kier molecular flexibility index (Phi) is 4.82. The summed E-state index contributed by atoms with van der Waals surface area (Å²) >= 11 is 3.61. The molecule has 4 rings (SSSR count). The van der Waals surface area contributed by atoms with Crippen LogP contribution in [0.5, 0.6) is 11.5 Å². The van der Waals surface area contributed by atoms with E-state index >= 15 is 0 Å². The van der Waals surface area contributed by atoms with Gasteiger partial charge in [0.05, 0.1) is 15.8 Å². The van der Waals surface area contributed by atoms with Gasteiger partial charge in [0, 0.05) is 22.2 Å². The molecule has 0 radical (unpaired) electrons. The first kappa shape index (κ1) is 17.3. The Bertz CT molecular complexity index is 1080. The van der Waals surface area contributed by atoms with Crippen LogP contribution in [0.3, 0.4) is 0 Å². The van der Waals surface area contributed by atoms with Gasteiger partial charge in [-0.1, -0.05) is 29.5 Å². The van der Waals surface area contributed by atoms with Crippen LogP contribution >= 0.6 is 33.9 Å². The van der Waals surface area contributed by atoms with Crippen molar-refractivity contribution < 1.29 is 14.3 Å². The molecule has 1 amide bonds. The van der Waals surface area contributed by atoms with Crippen LogP contribution in [0.2, 0.25) is 0 Å². The predicted octanol–water partition coefficient (Wildman–Crippen LogP) is 4.01. The Morgan fingerprint density at radius 1 is 1.27 bits per heavy atom. The molecule has 0 unspecified atom stereocenters. The van der Waals surface area contributed by atoms with Crippen molar-refractivity contribution in [2.24, 2.45) is 4.99 Å². The summed E-state index contributed by atoms with van der Waals surface area (Å²) in [5.41, 5.74) is 1.55. The molecule has 1 aliphatic heterocycles. The van der Waals surface area contributed by atoms with Crippen LogP contribution in [0.4, 0.5) is 0 Å². The molecule has 7 heteroatoms. The lowest BCUT2D eigenvalue weighted by molar-refractivity contribution is 0.0997. The first-order valence-corrected chi connectivity index (χ1v) is 9.94. The largest absolute Gasteiger partial charge is 0.486 e. The average Bonchev–Trinajstić information content (AvgIpc) is 2.96. The maximum atomic E-state index is 12.7. The van der Waals surface area contributed by atoms with Gasteiger partial charge in [0.1, 0.15) is 13.2 Å². The fourth-order valence-corrected chi connectivity index (χ4v) is 4.45. The van der Waals surface area contributed by atoms with E-state index in [1.54, 1.807) is 12.1 Å². The Hall–Kier alpha value is -2.13. The van der Waals surface area contributed by atoms with Crippen molar-refractivity contribution in [3.8, 4) is 11.5 Å². The summed E-state index contributed by atoms with van der Waals surface area (Å²) < 4.78 is 15.2. The molecule has 1 aromatic heterocycles. The van der Waals surface area contributed by atoms with Gasteiger partial charge >= 0.3 is 0 Å². The summed E-state index contributed by atoms with van der Waals surface area (Å²) in [6, 6.07) is 11.3. The van der Waals surface area contributed by atoms with Crippen LogP contribution in [-0.4, -0.2) is 23.7 Å². The number of thiazole rings is 1. The van der Waals surface area contributed by atoms with Gasteiger partial charge in [0.25, 0.3) is 5.91 Å². The maximum absolute atomic E-state index is 12.7. The molecule has 26 heavy (non-hydrogen) atoms. The Morgan fingerprint density at radius 2 is 2.00 bits per heavy atom. The smallest absolute Gasteiger partial charge is 0.280 e. The lowest BCUT2D eigenvalue weighted by Crippen LogP contribution is -2.17. The van der Waals surface area contributed by atoms with Crippen LogP contribution in [0.25, 0.3) is 10.2 Å². The topological polar surface area (TPSA) is 52.8 Å². The number of benzene rings is 2. The molecule has 0 N–H and O–H groups in total. The molecule has 132 valence electrons. The highest BCUT2D eigenvalue weighted by molar-refractivity contribution is 14.1. The van der Waals surface area contributed by atoms with Gasteiger partial charge in [0.15, 0.2) is 16.3 Å². The van der Waals surface area contributed by atoms with Gasteiger partial charge in [-0.15, -0.1) is 6.58 Å². The number of rotatable bonds is 3. The second kappa shape index (κ2) is 7.24. The maximum Gasteiger partial charge on any atom is 0.280 e. The number of allylic oxidation sites excluding steroid dienone is 1. The summed E-state index contributed by atoms with van der Waals surface area (Å²) in [6.45, 7) is 5.45. The first-order chi connectivity index (χ1) is 12.7. The number of carbonyl (C=O) groups excluding carboxylic acids is 1. The normalized spacial score (nSPS) is 13.8. The summed E-state index contributed by atoms with van der Waals surface area (Å²) in [5.74, 6) is 1.19. The Morgan fingerprint density at radius 3 is 2.73 bits per heavy atom. The van der Waals surface area contributed by atoms with E-state index in [2.05, 4.69) is 34.2 Å². The third kappa shape index (κ3) is 3.16. The minimum absolute atomic E-state index is 0.253. The van der Waals surface area contributed by atoms with Crippen molar-refractivity contribution in [2.45, 2.75) is 6.54 Å². The fraction of sp³-hybridized carbons (Fsp3) is 0.158. The predicted molar refractivity (Wildman–Crippen MR) is 110 cm³/mol. The van der Waals surface area contributed by atoms with Crippen molar-refractivity contribution in [3.63, 3.8) is 0 Å². The molecule has 0 aliphatic carbocycles. The van der Waals surface area contributed by atoms with E-state index < -0.39 is 0 Å². The lowest BCUT2D eigenvalue weighted by atomic mass is 10.2. The van der Waals surface area contributed by atoms with Crippen LogP contribution in [0, 0.1) is 3.57 Å². The van der Waals surface area contributed by atoms with Crippen LogP contribution in [0.15, 0.2) is 54.0 Å². The van der Waals surface area contributed by atoms with E-state index in [1.165, 1.54) is 11.3 Å². The van der Waals surface area contributed by atoms with Gasteiger partial charge < -0.3 is 14.0 Å². The summed E-state index contributed by atoms with van der Waals surface area (Å²) in [5, 5.41) is 0. The quantitative estimate of drug-likeness (QED) is 0.423. The molecular weight excluding hydrogens is 463 g/mol. The van der Waals surface area contributed by atoms with E-state index in [0.29, 0.717) is 30.1 Å². The van der Waals surface area contributed by atoms with Crippen molar-refractivity contribution in [1.82, 2.24) is 4.57 Å². The number of hydrogen-bond acceptors (Lipinski definition) is 4. The molecule has 3 aromatic rings. The highest BCUT2D eigenvalue weighted by atomic mass is 127. The fourth-order valence-electron chi connectivity index (χ4n) is 2.78. The monoisotopic (exact) mass is 478 g/mol. The Balaban J connectivity index is 1.88. The van der Waals surface area contributed by atoms with Gasteiger partial charge in [-0.05, 0) is 34.7 Å². The van der Waals surface area contributed by atoms with Crippen molar-refractivity contribution >= 4 is 50.1 Å². The van der Waals surface area contributed by atoms with Crippen molar-refractivity contribution in [2.75, 3.05) is 13.2 Å². The van der Waals surface area contributed by atoms with Crippen molar-refractivity contribution in [1.29, 1.82) is 0 Å². The highest BCUT2D eigenvalue weighted by Crippen LogP contribution is 2.35. The molecule has 5 nitrogen and oxygen atoms in total. The number of amides is 1. The van der Waals surface area contributed by atoms with E-state index in [4.69, 9.17) is 9.47 Å². The van der Waals surface area contributed by atoms with Gasteiger partial charge in [-0.2, -0.15) is 4.99 Å². The van der Waals surface area contributed by atoms with E-state index in [9.17, 15) is 4.79 Å². The van der Waals surface area contributed by atoms with Crippen LogP contribution in [0.1, 0.15) is 10.4 Å². The van der Waals surface area contributed by atoms with Crippen molar-refractivity contribution in [3.05, 3.63) is 63.0 Å². The van der Waals surface area contributed by atoms with Gasteiger partial charge in [0.2, 0.25) is 0 Å². The minimum atomic E-state index is -0.253. The molecule has 0 saturated heterocycles. The van der Waals surface area contributed by atoms with Crippen LogP contribution < -0.4 is 14.3 Å². The number of ether oxygens (including phenoxy) is 2. The molecule has 0 spiro atoms. The van der Waals surface area contributed by atoms with E-state index in [0.717, 1.165) is 25.3 Å². The second-order valence-electron chi connectivity index (χ2n) is 5.64. The average molecular weight is 478 g/mol. The molecule has 0 atom stereocenters. The molecule has 0 saturated carbocycles. The van der Waals surface area contributed by atoms with E-state index in [1.807, 2.05) is 34.9 Å². The number of hydrogen-bond donors (Lipinski definition) is 0. The highest BCUT2D eigenvalue weighted by Gasteiger charge is 2.17. The van der Waals surface area contributed by atoms with E-state index in [-0.39, 0.29) is 5.91 Å². The number of halogens is 1. The molecule has 0 bridgehead atoms. The molecule has 0 fully saturated rings. The number of nitrogens with zero attached hydrogens (tertiary/aromatic N) is 2. The lowest BCUT2D eigenvalue weighted by Gasteiger charge is -2.18. The molecule has 1 aliphatic rings. The zero-order valence-electron chi connectivity index (χ0n) is 13.8. The van der Waals surface area contributed by atoms with Gasteiger partial charge in [-0.3, -0.25) is 4.79 Å². The zero-order valence-corrected chi connectivity index (χ0v) is 16.7. The summed E-state index contributed by atoms with van der Waals surface area (Å²) in [6.07, 6.45) is 1.79.